The van der Waals surface area contributed by atoms with Gasteiger partial charge in [-0.1, -0.05) is 12.1 Å². The molecule has 0 unspecified atom stereocenters. The zero-order valence-electron chi connectivity index (χ0n) is 14.8. The first kappa shape index (κ1) is 19.7. The van der Waals surface area contributed by atoms with Gasteiger partial charge in [0.25, 0.3) is 5.91 Å². The maximum absolute atomic E-state index is 12.9. The highest BCUT2D eigenvalue weighted by atomic mass is 32.1. The van der Waals surface area contributed by atoms with Gasteiger partial charge in [-0.2, -0.15) is 13.2 Å². The zero-order valence-corrected chi connectivity index (χ0v) is 15.6. The number of anilines is 1. The first-order valence-corrected chi connectivity index (χ1v) is 8.85. The van der Waals surface area contributed by atoms with Crippen LogP contribution in [0.5, 0.6) is 11.5 Å². The number of thiazole rings is 1. The fraction of sp³-hybridized carbons (Fsp3) is 0.158. The number of aromatic nitrogens is 1. The Hall–Kier alpha value is -3.07. The molecule has 0 aliphatic carbocycles. The van der Waals surface area contributed by atoms with Crippen LogP contribution in [0.3, 0.4) is 0 Å². The molecule has 1 N–H and O–H groups in total. The van der Waals surface area contributed by atoms with E-state index in [9.17, 15) is 18.0 Å². The van der Waals surface area contributed by atoms with Crippen LogP contribution in [0.1, 0.15) is 15.9 Å². The van der Waals surface area contributed by atoms with Crippen molar-refractivity contribution in [3.05, 3.63) is 59.0 Å². The number of carbonyl (C=O) groups excluding carboxylic acids is 1. The number of hydrogen-bond donors (Lipinski definition) is 1. The fourth-order valence-electron chi connectivity index (χ4n) is 2.43. The predicted octanol–water partition coefficient (Wildman–Crippen LogP) is 5.10. The molecular formula is C19H15F3N2O3S. The number of alkyl halides is 3. The number of nitrogens with zero attached hydrogens (tertiary/aromatic N) is 1. The second-order valence-corrected chi connectivity index (χ2v) is 6.53. The van der Waals surface area contributed by atoms with Gasteiger partial charge in [-0.25, -0.2) is 4.98 Å². The van der Waals surface area contributed by atoms with Crippen LogP contribution in [-0.2, 0) is 6.18 Å². The van der Waals surface area contributed by atoms with Crippen molar-refractivity contribution in [2.75, 3.05) is 19.5 Å². The van der Waals surface area contributed by atoms with E-state index < -0.39 is 17.6 Å². The van der Waals surface area contributed by atoms with E-state index in [0.29, 0.717) is 28.3 Å². The number of hydrogen-bond acceptors (Lipinski definition) is 5. The van der Waals surface area contributed by atoms with Crippen molar-refractivity contribution in [3.63, 3.8) is 0 Å². The minimum absolute atomic E-state index is 0.263. The number of amides is 1. The Morgan fingerprint density at radius 3 is 2.36 bits per heavy atom. The minimum Gasteiger partial charge on any atom is -0.497 e. The van der Waals surface area contributed by atoms with Crippen LogP contribution >= 0.6 is 11.3 Å². The Bertz CT molecular complexity index is 980. The first-order chi connectivity index (χ1) is 13.3. The molecule has 0 radical (unpaired) electrons. The number of methoxy groups -OCH3 is 2. The topological polar surface area (TPSA) is 60.5 Å². The van der Waals surface area contributed by atoms with Crippen molar-refractivity contribution in [2.45, 2.75) is 6.18 Å². The summed E-state index contributed by atoms with van der Waals surface area (Å²) >= 11 is 1.11. The summed E-state index contributed by atoms with van der Waals surface area (Å²) < 4.78 is 48.9. The van der Waals surface area contributed by atoms with E-state index in [4.69, 9.17) is 9.47 Å². The lowest BCUT2D eigenvalue weighted by atomic mass is 10.1. The van der Waals surface area contributed by atoms with E-state index in [1.54, 1.807) is 23.6 Å². The average molecular weight is 408 g/mol. The Labute approximate surface area is 162 Å². The molecule has 0 bridgehead atoms. The zero-order chi connectivity index (χ0) is 20.3. The quantitative estimate of drug-likeness (QED) is 0.638. The second kappa shape index (κ2) is 7.89. The van der Waals surface area contributed by atoms with Crippen LogP contribution in [0, 0.1) is 0 Å². The van der Waals surface area contributed by atoms with Gasteiger partial charge in [0, 0.05) is 22.6 Å². The van der Waals surface area contributed by atoms with Crippen molar-refractivity contribution in [2.24, 2.45) is 0 Å². The molecule has 0 atom stereocenters. The van der Waals surface area contributed by atoms with E-state index in [2.05, 4.69) is 10.3 Å². The molecular weight excluding hydrogens is 393 g/mol. The molecule has 0 saturated heterocycles. The van der Waals surface area contributed by atoms with Gasteiger partial charge in [-0.3, -0.25) is 10.1 Å². The maximum atomic E-state index is 12.9. The molecule has 5 nitrogen and oxygen atoms in total. The van der Waals surface area contributed by atoms with Gasteiger partial charge >= 0.3 is 6.18 Å². The monoisotopic (exact) mass is 408 g/mol. The highest BCUT2D eigenvalue weighted by Gasteiger charge is 2.30. The van der Waals surface area contributed by atoms with Gasteiger partial charge in [-0.05, 0) is 24.3 Å². The van der Waals surface area contributed by atoms with Crippen molar-refractivity contribution < 1.29 is 27.4 Å². The Morgan fingerprint density at radius 1 is 1.07 bits per heavy atom. The Kier molecular flexibility index (Phi) is 5.55. The van der Waals surface area contributed by atoms with E-state index in [-0.39, 0.29) is 5.13 Å². The van der Waals surface area contributed by atoms with Gasteiger partial charge < -0.3 is 9.47 Å². The van der Waals surface area contributed by atoms with Gasteiger partial charge in [0.15, 0.2) is 5.13 Å². The maximum Gasteiger partial charge on any atom is 0.416 e. The van der Waals surface area contributed by atoms with Crippen molar-refractivity contribution in [3.8, 4) is 22.8 Å². The smallest absolute Gasteiger partial charge is 0.416 e. The van der Waals surface area contributed by atoms with Crippen LogP contribution in [0.2, 0.25) is 0 Å². The second-order valence-electron chi connectivity index (χ2n) is 5.67. The highest BCUT2D eigenvalue weighted by molar-refractivity contribution is 7.14. The number of benzene rings is 2. The molecule has 0 aliphatic heterocycles. The Balaban J connectivity index is 1.81. The molecule has 28 heavy (non-hydrogen) atoms. The van der Waals surface area contributed by atoms with Crippen LogP contribution in [0.15, 0.2) is 47.8 Å². The number of rotatable bonds is 5. The van der Waals surface area contributed by atoms with Gasteiger partial charge in [-0.15, -0.1) is 11.3 Å². The number of nitrogens with one attached hydrogen (secondary N) is 1. The standard InChI is InChI=1S/C19H15F3N2O3S/c1-26-14-7-12(8-15(9-14)27-2)17(25)24-18-23-16(10-28-18)11-4-3-5-13(6-11)19(20,21)22/h3-10H,1-2H3,(H,23,24,25). The molecule has 146 valence electrons. The van der Waals surface area contributed by atoms with Crippen molar-refractivity contribution >= 4 is 22.4 Å². The third-order valence-corrected chi connectivity index (χ3v) is 4.58. The van der Waals surface area contributed by atoms with E-state index in [1.165, 1.54) is 26.4 Å². The molecule has 0 saturated carbocycles. The molecule has 0 aliphatic rings. The van der Waals surface area contributed by atoms with E-state index >= 15 is 0 Å². The summed E-state index contributed by atoms with van der Waals surface area (Å²) in [5.41, 5.74) is 0.198. The van der Waals surface area contributed by atoms with Crippen molar-refractivity contribution in [1.82, 2.24) is 4.98 Å². The van der Waals surface area contributed by atoms with Crippen LogP contribution in [0.25, 0.3) is 11.3 Å². The van der Waals surface area contributed by atoms with Crippen LogP contribution in [0.4, 0.5) is 18.3 Å². The lowest BCUT2D eigenvalue weighted by Crippen LogP contribution is -2.12. The molecule has 1 aromatic heterocycles. The third kappa shape index (κ3) is 4.42. The molecule has 0 spiro atoms. The normalized spacial score (nSPS) is 11.2. The molecule has 3 rings (SSSR count). The third-order valence-electron chi connectivity index (χ3n) is 3.82. The van der Waals surface area contributed by atoms with Gasteiger partial charge in [0.05, 0.1) is 25.5 Å². The summed E-state index contributed by atoms with van der Waals surface area (Å²) in [4.78, 5) is 16.7. The minimum atomic E-state index is -4.44. The largest absolute Gasteiger partial charge is 0.497 e. The van der Waals surface area contributed by atoms with E-state index in [0.717, 1.165) is 23.5 Å². The Morgan fingerprint density at radius 2 is 1.75 bits per heavy atom. The number of carbonyl (C=O) groups is 1. The molecule has 1 amide bonds. The van der Waals surface area contributed by atoms with E-state index in [1.807, 2.05) is 0 Å². The first-order valence-electron chi connectivity index (χ1n) is 7.97. The number of halogens is 3. The van der Waals surface area contributed by atoms with Crippen molar-refractivity contribution in [1.29, 1.82) is 0 Å². The lowest BCUT2D eigenvalue weighted by Gasteiger charge is -2.08. The molecule has 9 heteroatoms. The SMILES string of the molecule is COc1cc(OC)cc(C(=O)Nc2nc(-c3cccc(C(F)(F)F)c3)cs2)c1. The highest BCUT2D eigenvalue weighted by Crippen LogP contribution is 2.33. The molecule has 3 aromatic rings. The average Bonchev–Trinajstić information content (AvgIpc) is 3.15. The van der Waals surface area contributed by atoms with Gasteiger partial charge in [0.2, 0.25) is 0 Å². The molecule has 2 aromatic carbocycles. The summed E-state index contributed by atoms with van der Waals surface area (Å²) in [6.07, 6.45) is -4.44. The summed E-state index contributed by atoms with van der Waals surface area (Å²) in [5, 5.41) is 4.47. The van der Waals surface area contributed by atoms with Crippen LogP contribution in [-0.4, -0.2) is 25.1 Å². The predicted molar refractivity (Wildman–Crippen MR) is 100 cm³/mol. The molecule has 0 fully saturated rings. The summed E-state index contributed by atoms with van der Waals surface area (Å²) in [6, 6.07) is 9.58. The summed E-state index contributed by atoms with van der Waals surface area (Å²) in [5.74, 6) is 0.462. The summed E-state index contributed by atoms with van der Waals surface area (Å²) in [7, 11) is 2.94. The molecule has 1 heterocycles. The van der Waals surface area contributed by atoms with Crippen LogP contribution < -0.4 is 14.8 Å². The summed E-state index contributed by atoms with van der Waals surface area (Å²) in [6.45, 7) is 0. The van der Waals surface area contributed by atoms with Gasteiger partial charge in [0.1, 0.15) is 11.5 Å². The lowest BCUT2D eigenvalue weighted by molar-refractivity contribution is -0.137. The fourth-order valence-corrected chi connectivity index (χ4v) is 3.14. The number of ether oxygens (including phenoxy) is 2.